The third-order valence-electron chi connectivity index (χ3n) is 3.51. The predicted octanol–water partition coefficient (Wildman–Crippen LogP) is 4.28. The molecule has 0 radical (unpaired) electrons. The van der Waals surface area contributed by atoms with Crippen molar-refractivity contribution in [2.45, 2.75) is 26.7 Å². The first-order valence-corrected chi connectivity index (χ1v) is 7.05. The number of carbonyl (C=O) groups is 1. The molecule has 0 aromatic heterocycles. The number of nitro groups is 1. The Kier molecular flexibility index (Phi) is 4.56. The normalized spacial score (nSPS) is 10.5. The number of aryl methyl sites for hydroxylation is 1. The number of anilines is 1. The van der Waals surface area contributed by atoms with Crippen molar-refractivity contribution in [2.75, 3.05) is 5.32 Å². The standard InChI is InChI=1S/C17H18N2O3/c1-11(2)13-4-6-14(7-5-13)17(20)18-16-9-8-15(19(21)22)10-12(16)3/h4-11H,1-3H3,(H,18,20). The molecule has 0 aliphatic rings. The topological polar surface area (TPSA) is 72.2 Å². The molecule has 0 fully saturated rings. The van der Waals surface area contributed by atoms with E-state index in [0.29, 0.717) is 22.7 Å². The Morgan fingerprint density at radius 2 is 1.77 bits per heavy atom. The van der Waals surface area contributed by atoms with Gasteiger partial charge in [0.2, 0.25) is 0 Å². The van der Waals surface area contributed by atoms with Crippen LogP contribution in [0.1, 0.15) is 41.3 Å². The van der Waals surface area contributed by atoms with Crippen molar-refractivity contribution in [3.8, 4) is 0 Å². The molecule has 2 rings (SSSR count). The Hall–Kier alpha value is -2.69. The number of non-ortho nitro benzene ring substituents is 1. The number of nitrogens with one attached hydrogen (secondary N) is 1. The molecule has 0 aliphatic heterocycles. The summed E-state index contributed by atoms with van der Waals surface area (Å²) in [6.07, 6.45) is 0. The van der Waals surface area contributed by atoms with E-state index in [2.05, 4.69) is 19.2 Å². The molecule has 0 atom stereocenters. The van der Waals surface area contributed by atoms with E-state index in [-0.39, 0.29) is 11.6 Å². The number of rotatable bonds is 4. The van der Waals surface area contributed by atoms with E-state index in [4.69, 9.17) is 0 Å². The fourth-order valence-corrected chi connectivity index (χ4v) is 2.12. The largest absolute Gasteiger partial charge is 0.322 e. The molecule has 0 spiro atoms. The number of benzene rings is 2. The van der Waals surface area contributed by atoms with Crippen LogP contribution in [-0.2, 0) is 0 Å². The highest BCUT2D eigenvalue weighted by molar-refractivity contribution is 6.04. The first-order valence-electron chi connectivity index (χ1n) is 7.05. The highest BCUT2D eigenvalue weighted by Gasteiger charge is 2.11. The average molecular weight is 298 g/mol. The minimum atomic E-state index is -0.455. The van der Waals surface area contributed by atoms with Gasteiger partial charge in [-0.15, -0.1) is 0 Å². The minimum absolute atomic E-state index is 0.0109. The van der Waals surface area contributed by atoms with E-state index in [1.54, 1.807) is 25.1 Å². The van der Waals surface area contributed by atoms with Gasteiger partial charge >= 0.3 is 0 Å². The molecule has 2 aromatic carbocycles. The fraction of sp³-hybridized carbons (Fsp3) is 0.235. The summed E-state index contributed by atoms with van der Waals surface area (Å²) in [5.41, 5.74) is 2.96. The van der Waals surface area contributed by atoms with E-state index in [1.807, 2.05) is 12.1 Å². The van der Waals surface area contributed by atoms with Crippen LogP contribution in [0.15, 0.2) is 42.5 Å². The first kappa shape index (κ1) is 15.7. The zero-order valence-electron chi connectivity index (χ0n) is 12.8. The number of carbonyl (C=O) groups excluding carboxylic acids is 1. The summed E-state index contributed by atoms with van der Waals surface area (Å²) < 4.78 is 0. The third kappa shape index (κ3) is 3.49. The second-order valence-electron chi connectivity index (χ2n) is 5.49. The third-order valence-corrected chi connectivity index (χ3v) is 3.51. The van der Waals surface area contributed by atoms with Crippen LogP contribution < -0.4 is 5.32 Å². The zero-order valence-corrected chi connectivity index (χ0v) is 12.8. The van der Waals surface area contributed by atoms with Gasteiger partial charge in [-0.25, -0.2) is 0 Å². The fourth-order valence-electron chi connectivity index (χ4n) is 2.12. The van der Waals surface area contributed by atoms with Gasteiger partial charge in [0.15, 0.2) is 0 Å². The Balaban J connectivity index is 2.16. The van der Waals surface area contributed by atoms with Crippen LogP contribution in [-0.4, -0.2) is 10.8 Å². The van der Waals surface area contributed by atoms with Crippen LogP contribution in [0, 0.1) is 17.0 Å². The van der Waals surface area contributed by atoms with Crippen molar-refractivity contribution in [3.63, 3.8) is 0 Å². The molecule has 0 heterocycles. The smallest absolute Gasteiger partial charge is 0.269 e. The lowest BCUT2D eigenvalue weighted by atomic mass is 10.0. The minimum Gasteiger partial charge on any atom is -0.322 e. The second-order valence-corrected chi connectivity index (χ2v) is 5.49. The number of nitro benzene ring substituents is 1. The van der Waals surface area contributed by atoms with Crippen molar-refractivity contribution in [1.82, 2.24) is 0 Å². The van der Waals surface area contributed by atoms with Crippen LogP contribution in [0.25, 0.3) is 0 Å². The van der Waals surface area contributed by atoms with Crippen molar-refractivity contribution in [2.24, 2.45) is 0 Å². The summed E-state index contributed by atoms with van der Waals surface area (Å²) in [5, 5.41) is 13.5. The Bertz CT molecular complexity index is 706. The Morgan fingerprint density at radius 1 is 1.14 bits per heavy atom. The van der Waals surface area contributed by atoms with Gasteiger partial charge < -0.3 is 5.32 Å². The molecule has 0 bridgehead atoms. The highest BCUT2D eigenvalue weighted by atomic mass is 16.6. The monoisotopic (exact) mass is 298 g/mol. The Labute approximate surface area is 129 Å². The second kappa shape index (κ2) is 6.39. The van der Waals surface area contributed by atoms with E-state index in [9.17, 15) is 14.9 Å². The average Bonchev–Trinajstić information content (AvgIpc) is 2.49. The van der Waals surface area contributed by atoms with E-state index >= 15 is 0 Å². The zero-order chi connectivity index (χ0) is 16.3. The summed E-state index contributed by atoms with van der Waals surface area (Å²) in [7, 11) is 0. The van der Waals surface area contributed by atoms with Gasteiger partial charge in [0.1, 0.15) is 0 Å². The number of amides is 1. The van der Waals surface area contributed by atoms with Crippen LogP contribution in [0.2, 0.25) is 0 Å². The van der Waals surface area contributed by atoms with Crippen molar-refractivity contribution >= 4 is 17.3 Å². The number of nitrogens with zero attached hydrogens (tertiary/aromatic N) is 1. The van der Waals surface area contributed by atoms with Crippen LogP contribution in [0.4, 0.5) is 11.4 Å². The van der Waals surface area contributed by atoms with Gasteiger partial charge in [-0.2, -0.15) is 0 Å². The molecular formula is C17H18N2O3. The lowest BCUT2D eigenvalue weighted by molar-refractivity contribution is -0.384. The molecule has 1 N–H and O–H groups in total. The molecule has 5 nitrogen and oxygen atoms in total. The quantitative estimate of drug-likeness (QED) is 0.676. The number of hydrogen-bond acceptors (Lipinski definition) is 3. The Morgan fingerprint density at radius 3 is 2.27 bits per heavy atom. The van der Waals surface area contributed by atoms with Crippen LogP contribution >= 0.6 is 0 Å². The molecule has 0 saturated carbocycles. The van der Waals surface area contributed by atoms with E-state index in [1.165, 1.54) is 17.7 Å². The van der Waals surface area contributed by atoms with Crippen molar-refractivity contribution in [1.29, 1.82) is 0 Å². The molecular weight excluding hydrogens is 280 g/mol. The van der Waals surface area contributed by atoms with Gasteiger partial charge in [0.05, 0.1) is 4.92 Å². The van der Waals surface area contributed by atoms with Gasteiger partial charge in [0, 0.05) is 23.4 Å². The molecule has 0 unspecified atom stereocenters. The molecule has 0 saturated heterocycles. The molecule has 0 aliphatic carbocycles. The maximum atomic E-state index is 12.2. The maximum absolute atomic E-state index is 12.2. The molecule has 22 heavy (non-hydrogen) atoms. The lowest BCUT2D eigenvalue weighted by Crippen LogP contribution is -2.12. The van der Waals surface area contributed by atoms with Crippen molar-refractivity contribution in [3.05, 3.63) is 69.3 Å². The highest BCUT2D eigenvalue weighted by Crippen LogP contribution is 2.22. The van der Waals surface area contributed by atoms with Gasteiger partial charge in [0.25, 0.3) is 11.6 Å². The van der Waals surface area contributed by atoms with E-state index in [0.717, 1.165) is 0 Å². The summed E-state index contributed by atoms with van der Waals surface area (Å²) >= 11 is 0. The summed E-state index contributed by atoms with van der Waals surface area (Å²) in [6, 6.07) is 11.8. The SMILES string of the molecule is Cc1cc([N+](=O)[O-])ccc1NC(=O)c1ccc(C(C)C)cc1. The van der Waals surface area contributed by atoms with Crippen molar-refractivity contribution < 1.29 is 9.72 Å². The molecule has 1 amide bonds. The van der Waals surface area contributed by atoms with E-state index < -0.39 is 4.92 Å². The van der Waals surface area contributed by atoms with Crippen LogP contribution in [0.3, 0.4) is 0 Å². The molecule has 5 heteroatoms. The van der Waals surface area contributed by atoms with Gasteiger partial charge in [-0.1, -0.05) is 26.0 Å². The number of hydrogen-bond donors (Lipinski definition) is 1. The molecule has 114 valence electrons. The van der Waals surface area contributed by atoms with Gasteiger partial charge in [-0.05, 0) is 42.2 Å². The summed E-state index contributed by atoms with van der Waals surface area (Å²) in [4.78, 5) is 22.5. The van der Waals surface area contributed by atoms with Crippen LogP contribution in [0.5, 0.6) is 0 Å². The molecule has 2 aromatic rings. The predicted molar refractivity (Wildman–Crippen MR) is 86.3 cm³/mol. The lowest BCUT2D eigenvalue weighted by Gasteiger charge is -2.10. The first-order chi connectivity index (χ1) is 10.4. The van der Waals surface area contributed by atoms with Gasteiger partial charge in [-0.3, -0.25) is 14.9 Å². The maximum Gasteiger partial charge on any atom is 0.269 e. The summed E-state index contributed by atoms with van der Waals surface area (Å²) in [5.74, 6) is 0.182. The summed E-state index contributed by atoms with van der Waals surface area (Å²) in [6.45, 7) is 5.91.